The molecule has 0 radical (unpaired) electrons. The first-order chi connectivity index (χ1) is 21.9. The van der Waals surface area contributed by atoms with Crippen LogP contribution >= 0.6 is 0 Å². The van der Waals surface area contributed by atoms with Gasteiger partial charge in [-0.15, -0.1) is 5.06 Å². The number of benzene rings is 1. The van der Waals surface area contributed by atoms with E-state index in [9.17, 15) is 24.4 Å². The van der Waals surface area contributed by atoms with Crippen LogP contribution in [0.15, 0.2) is 60.9 Å². The minimum absolute atomic E-state index is 0.0304. The van der Waals surface area contributed by atoms with E-state index in [1.807, 2.05) is 18.2 Å². The molecule has 1 N–H and O–H groups in total. The fourth-order valence-corrected chi connectivity index (χ4v) is 4.65. The summed E-state index contributed by atoms with van der Waals surface area (Å²) in [6.07, 6.45) is 1.68. The Labute approximate surface area is 266 Å². The molecular formula is C32H38N6O8. The van der Waals surface area contributed by atoms with Crippen molar-refractivity contribution < 1.29 is 38.2 Å². The Morgan fingerprint density at radius 3 is 2.35 bits per heavy atom. The highest BCUT2D eigenvalue weighted by Gasteiger charge is 2.32. The molecule has 1 aromatic carbocycles. The molecule has 4 rings (SSSR count). The molecule has 0 bridgehead atoms. The zero-order valence-electron chi connectivity index (χ0n) is 26.3. The standard InChI is InChI=1S/C32H38N6O8/c1-5-44-31(42)46-38-18-16-36(17-19-38)30(41)24(13-14-27(39)45-32(2,3)4)35-29(40)26-20-25(23-12-9-15-37(43)21-23)33-28(34-26)22-10-7-6-8-11-22/h6-12,15,20-21,24H,5,13-14,16-19H2,1-4H3,(H,35,40)/t24-/m0/s1. The van der Waals surface area contributed by atoms with Crippen LogP contribution in [0, 0.1) is 5.21 Å². The Kier molecular flexibility index (Phi) is 11.2. The number of carbonyl (C=O) groups excluding carboxylic acids is 4. The number of hydroxylamine groups is 2. The number of ether oxygens (including phenoxy) is 2. The summed E-state index contributed by atoms with van der Waals surface area (Å²) in [7, 11) is 0. The first-order valence-electron chi connectivity index (χ1n) is 15.0. The van der Waals surface area contributed by atoms with Gasteiger partial charge >= 0.3 is 12.1 Å². The van der Waals surface area contributed by atoms with Crippen LogP contribution in [0.3, 0.4) is 0 Å². The third kappa shape index (κ3) is 9.69. The van der Waals surface area contributed by atoms with E-state index >= 15 is 0 Å². The number of aromatic nitrogens is 3. The van der Waals surface area contributed by atoms with Crippen molar-refractivity contribution in [3.05, 3.63) is 71.8 Å². The molecule has 14 heteroatoms. The molecule has 1 fully saturated rings. The highest BCUT2D eigenvalue weighted by Crippen LogP contribution is 2.22. The topological polar surface area (TPSA) is 167 Å². The van der Waals surface area contributed by atoms with Crippen molar-refractivity contribution in [2.24, 2.45) is 0 Å². The smallest absolute Gasteiger partial charge is 0.527 e. The van der Waals surface area contributed by atoms with Crippen LogP contribution in [0.2, 0.25) is 0 Å². The summed E-state index contributed by atoms with van der Waals surface area (Å²) >= 11 is 0. The van der Waals surface area contributed by atoms with Gasteiger partial charge in [-0.1, -0.05) is 30.3 Å². The van der Waals surface area contributed by atoms with Crippen molar-refractivity contribution in [2.75, 3.05) is 32.8 Å². The number of hydrogen-bond donors (Lipinski definition) is 1. The maximum atomic E-state index is 13.7. The van der Waals surface area contributed by atoms with Crippen molar-refractivity contribution in [3.8, 4) is 22.6 Å². The van der Waals surface area contributed by atoms with Crippen molar-refractivity contribution >= 4 is 23.9 Å². The minimum Gasteiger partial charge on any atom is -0.619 e. The van der Waals surface area contributed by atoms with Gasteiger partial charge in [-0.05, 0) is 46.2 Å². The predicted octanol–water partition coefficient (Wildman–Crippen LogP) is 2.90. The van der Waals surface area contributed by atoms with Crippen molar-refractivity contribution in [3.63, 3.8) is 0 Å². The van der Waals surface area contributed by atoms with Gasteiger partial charge in [0.1, 0.15) is 17.3 Å². The number of nitrogens with zero attached hydrogens (tertiary/aromatic N) is 5. The summed E-state index contributed by atoms with van der Waals surface area (Å²) in [5, 5.41) is 16.2. The molecule has 2 aromatic heterocycles. The highest BCUT2D eigenvalue weighted by atomic mass is 16.8. The quantitative estimate of drug-likeness (QED) is 0.198. The first-order valence-corrected chi connectivity index (χ1v) is 15.0. The van der Waals surface area contributed by atoms with Gasteiger partial charge in [0.2, 0.25) is 5.91 Å². The summed E-state index contributed by atoms with van der Waals surface area (Å²) in [4.78, 5) is 67.5. The lowest BCUT2D eigenvalue weighted by molar-refractivity contribution is -0.604. The second-order valence-electron chi connectivity index (χ2n) is 11.5. The molecule has 2 amide bonds. The average Bonchev–Trinajstić information content (AvgIpc) is 3.02. The van der Waals surface area contributed by atoms with Crippen LogP contribution in [0.1, 0.15) is 51.0 Å². The lowest BCUT2D eigenvalue weighted by atomic mass is 10.1. The van der Waals surface area contributed by atoms with Gasteiger partial charge in [0.25, 0.3) is 5.91 Å². The van der Waals surface area contributed by atoms with Gasteiger partial charge in [-0.2, -0.15) is 4.73 Å². The van der Waals surface area contributed by atoms with Crippen molar-refractivity contribution in [1.29, 1.82) is 0 Å². The second-order valence-corrected chi connectivity index (χ2v) is 11.5. The predicted molar refractivity (Wildman–Crippen MR) is 164 cm³/mol. The Morgan fingerprint density at radius 2 is 1.70 bits per heavy atom. The molecule has 0 unspecified atom stereocenters. The number of rotatable bonds is 10. The van der Waals surface area contributed by atoms with E-state index in [-0.39, 0.29) is 57.1 Å². The molecule has 1 aliphatic heterocycles. The van der Waals surface area contributed by atoms with Crippen LogP contribution in [0.25, 0.3) is 22.6 Å². The van der Waals surface area contributed by atoms with Gasteiger partial charge in [-0.25, -0.2) is 14.8 Å². The largest absolute Gasteiger partial charge is 0.619 e. The van der Waals surface area contributed by atoms with E-state index in [0.717, 1.165) is 0 Å². The van der Waals surface area contributed by atoms with Crippen molar-refractivity contribution in [1.82, 2.24) is 25.2 Å². The van der Waals surface area contributed by atoms with Gasteiger partial charge in [0.15, 0.2) is 18.2 Å². The summed E-state index contributed by atoms with van der Waals surface area (Å²) in [6.45, 7) is 7.92. The van der Waals surface area contributed by atoms with Crippen LogP contribution in [-0.4, -0.2) is 88.3 Å². The zero-order chi connectivity index (χ0) is 33.3. The van der Waals surface area contributed by atoms with Gasteiger partial charge in [-0.3, -0.25) is 14.4 Å². The van der Waals surface area contributed by atoms with Crippen LogP contribution in [0.5, 0.6) is 0 Å². The molecule has 14 nitrogen and oxygen atoms in total. The second kappa shape index (κ2) is 15.3. The molecule has 46 heavy (non-hydrogen) atoms. The first kappa shape index (κ1) is 33.8. The van der Waals surface area contributed by atoms with Gasteiger partial charge in [0.05, 0.1) is 31.0 Å². The van der Waals surface area contributed by atoms with E-state index in [4.69, 9.17) is 14.3 Å². The van der Waals surface area contributed by atoms with E-state index in [2.05, 4.69) is 15.3 Å². The third-order valence-electron chi connectivity index (χ3n) is 6.74. The van der Waals surface area contributed by atoms with E-state index in [0.29, 0.717) is 21.6 Å². The number of carbonyl (C=O) groups is 4. The number of amides is 2. The number of nitrogens with one attached hydrogen (secondary N) is 1. The maximum absolute atomic E-state index is 13.7. The lowest BCUT2D eigenvalue weighted by Crippen LogP contribution is -2.55. The van der Waals surface area contributed by atoms with Crippen LogP contribution in [0.4, 0.5) is 4.79 Å². The Morgan fingerprint density at radius 1 is 1.00 bits per heavy atom. The van der Waals surface area contributed by atoms with E-state index in [1.165, 1.54) is 28.4 Å². The minimum atomic E-state index is -1.10. The van der Waals surface area contributed by atoms with E-state index < -0.39 is 35.6 Å². The molecule has 1 saturated heterocycles. The number of esters is 1. The molecule has 0 aliphatic carbocycles. The molecule has 0 spiro atoms. The Balaban J connectivity index is 1.58. The summed E-state index contributed by atoms with van der Waals surface area (Å²) in [6, 6.07) is 12.6. The summed E-state index contributed by atoms with van der Waals surface area (Å²) < 4.78 is 10.9. The molecule has 1 atom stereocenters. The van der Waals surface area contributed by atoms with Crippen molar-refractivity contribution in [2.45, 2.75) is 52.2 Å². The Bertz CT molecular complexity index is 1540. The molecule has 244 valence electrons. The molecule has 3 heterocycles. The number of piperazine rings is 1. The number of hydrogen-bond acceptors (Lipinski definition) is 11. The van der Waals surface area contributed by atoms with Gasteiger partial charge in [0, 0.05) is 31.1 Å². The molecular weight excluding hydrogens is 596 g/mol. The van der Waals surface area contributed by atoms with Gasteiger partial charge < -0.3 is 29.7 Å². The maximum Gasteiger partial charge on any atom is 0.527 e. The third-order valence-corrected chi connectivity index (χ3v) is 6.74. The zero-order valence-corrected chi connectivity index (χ0v) is 26.3. The fraction of sp³-hybridized carbons (Fsp3) is 0.406. The monoisotopic (exact) mass is 634 g/mol. The molecule has 1 aliphatic rings. The van der Waals surface area contributed by atoms with Crippen LogP contribution in [-0.2, 0) is 23.9 Å². The lowest BCUT2D eigenvalue weighted by Gasteiger charge is -2.35. The normalized spacial score (nSPS) is 14.2. The molecule has 3 aromatic rings. The highest BCUT2D eigenvalue weighted by molar-refractivity contribution is 5.97. The SMILES string of the molecule is CCOC(=O)ON1CCN(C(=O)[C@H](CCC(=O)OC(C)(C)C)NC(=O)c2cc(-c3ccc[n+]([O-])c3)nc(-c3ccccc3)n2)CC1. The van der Waals surface area contributed by atoms with E-state index in [1.54, 1.807) is 52.0 Å². The fourth-order valence-electron chi connectivity index (χ4n) is 4.65. The Hall–Kier alpha value is -5.11. The summed E-state index contributed by atoms with van der Waals surface area (Å²) in [5.74, 6) is -1.35. The molecule has 0 saturated carbocycles. The summed E-state index contributed by atoms with van der Waals surface area (Å²) in [5.41, 5.74) is 0.683. The number of pyridine rings is 1. The van der Waals surface area contributed by atoms with Crippen LogP contribution < -0.4 is 10.0 Å². The average molecular weight is 635 g/mol.